The molecule has 0 saturated carbocycles. The Balaban J connectivity index is 1.18. The first-order chi connectivity index (χ1) is 18.0. The monoisotopic (exact) mass is 486 g/mol. The number of carbonyl (C=O) groups excluding carboxylic acids is 1. The Hall–Kier alpha value is -4.83. The van der Waals surface area contributed by atoms with Gasteiger partial charge in [-0.2, -0.15) is 0 Å². The fourth-order valence-corrected chi connectivity index (χ4v) is 3.78. The second kappa shape index (κ2) is 10.8. The van der Waals surface area contributed by atoms with E-state index >= 15 is 0 Å². The quantitative estimate of drug-likeness (QED) is 0.205. The molecular formula is C33H26O4. The third kappa shape index (κ3) is 6.24. The summed E-state index contributed by atoms with van der Waals surface area (Å²) in [4.78, 5) is 11.4. The van der Waals surface area contributed by atoms with E-state index in [1.807, 2.05) is 104 Å². The first-order valence-electron chi connectivity index (χ1n) is 12.0. The molecule has 0 radical (unpaired) electrons. The van der Waals surface area contributed by atoms with Gasteiger partial charge < -0.3 is 14.2 Å². The van der Waals surface area contributed by atoms with Crippen LogP contribution in [0.5, 0.6) is 34.5 Å². The summed E-state index contributed by atoms with van der Waals surface area (Å²) in [6, 6.07) is 38.5. The lowest BCUT2D eigenvalue weighted by Crippen LogP contribution is -1.91. The molecule has 4 heteroatoms. The van der Waals surface area contributed by atoms with Crippen molar-refractivity contribution < 1.29 is 19.0 Å². The smallest absolute Gasteiger partial charge is 0.159 e. The second-order valence-electron chi connectivity index (χ2n) is 8.72. The molecule has 0 amide bonds. The van der Waals surface area contributed by atoms with Crippen LogP contribution in [0, 0.1) is 6.92 Å². The number of hydrogen-bond acceptors (Lipinski definition) is 4. The molecule has 0 atom stereocenters. The van der Waals surface area contributed by atoms with Crippen molar-refractivity contribution in [3.63, 3.8) is 0 Å². The van der Waals surface area contributed by atoms with Gasteiger partial charge in [-0.05, 0) is 110 Å². The fourth-order valence-electron chi connectivity index (χ4n) is 3.78. The molecular weight excluding hydrogens is 460 g/mol. The third-order valence-corrected chi connectivity index (χ3v) is 5.85. The zero-order valence-corrected chi connectivity index (χ0v) is 20.7. The minimum atomic E-state index is 0.0358. The predicted molar refractivity (Wildman–Crippen MR) is 146 cm³/mol. The molecule has 37 heavy (non-hydrogen) atoms. The molecule has 0 unspecified atom stereocenters. The summed E-state index contributed by atoms with van der Waals surface area (Å²) in [6.07, 6.45) is 0. The van der Waals surface area contributed by atoms with Crippen LogP contribution in [0.4, 0.5) is 0 Å². The zero-order valence-electron chi connectivity index (χ0n) is 20.7. The van der Waals surface area contributed by atoms with Crippen molar-refractivity contribution in [1.29, 1.82) is 0 Å². The summed E-state index contributed by atoms with van der Waals surface area (Å²) >= 11 is 0. The van der Waals surface area contributed by atoms with Crippen molar-refractivity contribution in [3.8, 4) is 45.6 Å². The van der Waals surface area contributed by atoms with Crippen molar-refractivity contribution in [3.05, 3.63) is 132 Å². The van der Waals surface area contributed by atoms with Gasteiger partial charge in [0.25, 0.3) is 0 Å². The van der Waals surface area contributed by atoms with Gasteiger partial charge in [-0.25, -0.2) is 0 Å². The molecule has 182 valence electrons. The van der Waals surface area contributed by atoms with E-state index in [4.69, 9.17) is 14.2 Å². The minimum absolute atomic E-state index is 0.0358. The van der Waals surface area contributed by atoms with Crippen molar-refractivity contribution in [1.82, 2.24) is 0 Å². The molecule has 5 aromatic rings. The lowest BCUT2D eigenvalue weighted by molar-refractivity contribution is 0.101. The van der Waals surface area contributed by atoms with Gasteiger partial charge in [0.05, 0.1) is 0 Å². The maximum Gasteiger partial charge on any atom is 0.159 e. The van der Waals surface area contributed by atoms with Crippen molar-refractivity contribution in [2.45, 2.75) is 13.8 Å². The molecule has 0 heterocycles. The van der Waals surface area contributed by atoms with E-state index in [0.717, 1.165) is 39.9 Å². The summed E-state index contributed by atoms with van der Waals surface area (Å²) in [7, 11) is 0. The number of hydrogen-bond donors (Lipinski definition) is 0. The van der Waals surface area contributed by atoms with Crippen LogP contribution in [-0.2, 0) is 0 Å². The maximum absolute atomic E-state index is 11.4. The van der Waals surface area contributed by atoms with Crippen molar-refractivity contribution in [2.24, 2.45) is 0 Å². The van der Waals surface area contributed by atoms with Crippen LogP contribution in [0.2, 0.25) is 0 Å². The van der Waals surface area contributed by atoms with E-state index in [0.29, 0.717) is 11.3 Å². The summed E-state index contributed by atoms with van der Waals surface area (Å²) < 4.78 is 17.8. The molecule has 0 aromatic heterocycles. The SMILES string of the molecule is CC(=O)c1ccc(Oc2ccc(-c3ccc(Oc4ccc(Oc5ccc(C)cc5)cc4)cc3)cc2)cc1. The molecule has 0 aliphatic heterocycles. The number of ether oxygens (including phenoxy) is 3. The van der Waals surface area contributed by atoms with Gasteiger partial charge in [-0.1, -0.05) is 42.0 Å². The molecule has 0 fully saturated rings. The Morgan fingerprint density at radius 2 is 0.703 bits per heavy atom. The first-order valence-corrected chi connectivity index (χ1v) is 12.0. The molecule has 4 nitrogen and oxygen atoms in total. The van der Waals surface area contributed by atoms with Crippen LogP contribution in [0.15, 0.2) is 121 Å². The largest absolute Gasteiger partial charge is 0.457 e. The van der Waals surface area contributed by atoms with Crippen LogP contribution < -0.4 is 14.2 Å². The lowest BCUT2D eigenvalue weighted by Gasteiger charge is -2.10. The predicted octanol–water partition coefficient (Wildman–Crippen LogP) is 9.24. The van der Waals surface area contributed by atoms with E-state index in [1.54, 1.807) is 31.2 Å². The molecule has 0 spiro atoms. The Morgan fingerprint density at radius 3 is 1.03 bits per heavy atom. The van der Waals surface area contributed by atoms with E-state index < -0.39 is 0 Å². The van der Waals surface area contributed by atoms with Gasteiger partial charge >= 0.3 is 0 Å². The number of Topliss-reactive ketones (excluding diaryl/α,β-unsaturated/α-hetero) is 1. The molecule has 0 N–H and O–H groups in total. The average molecular weight is 487 g/mol. The average Bonchev–Trinajstić information content (AvgIpc) is 2.92. The van der Waals surface area contributed by atoms with Gasteiger partial charge in [-0.3, -0.25) is 4.79 Å². The highest BCUT2D eigenvalue weighted by atomic mass is 16.5. The molecule has 5 aromatic carbocycles. The Kier molecular flexibility index (Phi) is 7.00. The zero-order chi connectivity index (χ0) is 25.6. The van der Waals surface area contributed by atoms with E-state index in [2.05, 4.69) is 0 Å². The highest BCUT2D eigenvalue weighted by Crippen LogP contribution is 2.30. The topological polar surface area (TPSA) is 44.8 Å². The Bertz CT molecular complexity index is 1470. The molecule has 0 saturated heterocycles. The minimum Gasteiger partial charge on any atom is -0.457 e. The molecule has 5 rings (SSSR count). The van der Waals surface area contributed by atoms with Crippen molar-refractivity contribution in [2.75, 3.05) is 0 Å². The Morgan fingerprint density at radius 1 is 0.432 bits per heavy atom. The normalized spacial score (nSPS) is 10.5. The maximum atomic E-state index is 11.4. The van der Waals surface area contributed by atoms with Crippen LogP contribution in [-0.4, -0.2) is 5.78 Å². The molecule has 0 bridgehead atoms. The number of ketones is 1. The highest BCUT2D eigenvalue weighted by Gasteiger charge is 2.05. The van der Waals surface area contributed by atoms with Gasteiger partial charge in [0.15, 0.2) is 5.78 Å². The van der Waals surface area contributed by atoms with Crippen LogP contribution in [0.25, 0.3) is 11.1 Å². The van der Waals surface area contributed by atoms with Gasteiger partial charge in [0.2, 0.25) is 0 Å². The van der Waals surface area contributed by atoms with Crippen LogP contribution in [0.3, 0.4) is 0 Å². The summed E-state index contributed by atoms with van der Waals surface area (Å²) in [5.41, 5.74) is 4.01. The second-order valence-corrected chi connectivity index (χ2v) is 8.72. The number of aryl methyl sites for hydroxylation is 1. The summed E-state index contributed by atoms with van der Waals surface area (Å²) in [5, 5.41) is 0. The van der Waals surface area contributed by atoms with Crippen LogP contribution >= 0.6 is 0 Å². The van der Waals surface area contributed by atoms with Gasteiger partial charge in [-0.15, -0.1) is 0 Å². The standard InChI is InChI=1S/C33H26O4/c1-23-3-11-28(12-4-23)35-32-19-21-33(22-20-32)37-31-17-9-27(10-18-31)26-7-15-30(16-8-26)36-29-13-5-25(6-14-29)24(2)34/h3-22H,1-2H3. The van der Waals surface area contributed by atoms with Crippen LogP contribution in [0.1, 0.15) is 22.8 Å². The number of carbonyl (C=O) groups is 1. The highest BCUT2D eigenvalue weighted by molar-refractivity contribution is 5.94. The molecule has 0 aliphatic rings. The summed E-state index contributed by atoms with van der Waals surface area (Å²) in [5.74, 6) is 4.51. The van der Waals surface area contributed by atoms with E-state index in [9.17, 15) is 4.79 Å². The lowest BCUT2D eigenvalue weighted by atomic mass is 10.1. The third-order valence-electron chi connectivity index (χ3n) is 5.85. The number of rotatable bonds is 8. The Labute approximate surface area is 216 Å². The van der Waals surface area contributed by atoms with Gasteiger partial charge in [0.1, 0.15) is 34.5 Å². The fraction of sp³-hybridized carbons (Fsp3) is 0.0606. The number of benzene rings is 5. The summed E-state index contributed by atoms with van der Waals surface area (Å²) in [6.45, 7) is 3.60. The van der Waals surface area contributed by atoms with E-state index in [-0.39, 0.29) is 5.78 Å². The van der Waals surface area contributed by atoms with Crippen molar-refractivity contribution >= 4 is 5.78 Å². The molecule has 0 aliphatic carbocycles. The first kappa shape index (κ1) is 23.9. The van der Waals surface area contributed by atoms with Gasteiger partial charge in [0, 0.05) is 5.56 Å². The van der Waals surface area contributed by atoms with E-state index in [1.165, 1.54) is 5.56 Å².